The van der Waals surface area contributed by atoms with Crippen molar-refractivity contribution in [3.05, 3.63) is 66.7 Å². The minimum absolute atomic E-state index is 0.133. The first-order valence-corrected chi connectivity index (χ1v) is 11.5. The molecule has 1 aromatic heterocycles. The number of benzene rings is 2. The monoisotopic (exact) mass is 446 g/mol. The van der Waals surface area contributed by atoms with Crippen molar-refractivity contribution < 1.29 is 14.3 Å². The lowest BCUT2D eigenvalue weighted by molar-refractivity contribution is -0.142. The third-order valence-corrected chi connectivity index (χ3v) is 5.88. The zero-order valence-electron chi connectivity index (χ0n) is 18.9. The molecule has 7 nitrogen and oxygen atoms in total. The van der Waals surface area contributed by atoms with Crippen LogP contribution in [0.4, 0.5) is 4.79 Å². The highest BCUT2D eigenvalue weighted by molar-refractivity contribution is 5.75. The van der Waals surface area contributed by atoms with Crippen LogP contribution in [-0.4, -0.2) is 52.9 Å². The third-order valence-electron chi connectivity index (χ3n) is 5.88. The Morgan fingerprint density at radius 2 is 1.64 bits per heavy atom. The zero-order valence-corrected chi connectivity index (χ0v) is 18.9. The number of rotatable bonds is 7. The Morgan fingerprint density at radius 3 is 2.27 bits per heavy atom. The molecule has 0 saturated carbocycles. The van der Waals surface area contributed by atoms with Crippen molar-refractivity contribution in [2.75, 3.05) is 26.2 Å². The van der Waals surface area contributed by atoms with Crippen LogP contribution in [0.2, 0.25) is 0 Å². The zero-order chi connectivity index (χ0) is 23.0. The van der Waals surface area contributed by atoms with E-state index in [1.165, 1.54) is 0 Å². The minimum atomic E-state index is -0.294. The molecule has 1 N–H and O–H groups in total. The van der Waals surface area contributed by atoms with E-state index in [2.05, 4.69) is 40.3 Å². The Morgan fingerprint density at radius 1 is 1.00 bits per heavy atom. The number of hydrogen-bond acceptors (Lipinski definition) is 4. The van der Waals surface area contributed by atoms with Gasteiger partial charge < -0.3 is 15.0 Å². The molecule has 0 radical (unpaired) electrons. The molecule has 0 unspecified atom stereocenters. The smallest absolute Gasteiger partial charge is 0.317 e. The molecule has 1 aliphatic rings. The molecule has 3 aromatic rings. The van der Waals surface area contributed by atoms with Gasteiger partial charge in [0.2, 0.25) is 0 Å². The second-order valence-corrected chi connectivity index (χ2v) is 8.10. The van der Waals surface area contributed by atoms with Crippen LogP contribution in [0, 0.1) is 0 Å². The fourth-order valence-electron chi connectivity index (χ4n) is 4.18. The minimum Gasteiger partial charge on any atom is -0.466 e. The van der Waals surface area contributed by atoms with Crippen LogP contribution in [0.15, 0.2) is 66.7 Å². The van der Waals surface area contributed by atoms with Gasteiger partial charge in [0.25, 0.3) is 0 Å². The Hall–Kier alpha value is -3.61. The second-order valence-electron chi connectivity index (χ2n) is 8.10. The van der Waals surface area contributed by atoms with Crippen molar-refractivity contribution in [1.29, 1.82) is 0 Å². The molecule has 0 spiro atoms. The normalized spacial score (nSPS) is 14.2. The van der Waals surface area contributed by atoms with Crippen LogP contribution in [-0.2, 0) is 9.53 Å². The number of esters is 1. The molecule has 0 bridgehead atoms. The summed E-state index contributed by atoms with van der Waals surface area (Å²) in [6.45, 7) is 3.70. The molecule has 1 fully saturated rings. The third kappa shape index (κ3) is 5.61. The number of ether oxygens (including phenoxy) is 1. The Bertz CT molecular complexity index is 1060. The molecule has 7 heteroatoms. The Kier molecular flexibility index (Phi) is 7.40. The molecular weight excluding hydrogens is 416 g/mol. The molecule has 1 aliphatic heterocycles. The molecule has 0 aliphatic carbocycles. The number of nitrogens with zero attached hydrogens (tertiary/aromatic N) is 3. The van der Waals surface area contributed by atoms with E-state index in [4.69, 9.17) is 9.84 Å². The van der Waals surface area contributed by atoms with Crippen LogP contribution < -0.4 is 5.32 Å². The average Bonchev–Trinajstić information content (AvgIpc) is 3.31. The van der Waals surface area contributed by atoms with Crippen molar-refractivity contribution in [3.8, 4) is 22.5 Å². The summed E-state index contributed by atoms with van der Waals surface area (Å²) in [6, 6.07) is 22.7. The summed E-state index contributed by atoms with van der Waals surface area (Å²) in [7, 11) is 0. The SMILES string of the molecule is CCOC(=O)CCNC(=O)N1CCC(n2nc(-c3ccccc3)cc2-c2ccccc2)CC1. The van der Waals surface area contributed by atoms with Gasteiger partial charge in [-0.05, 0) is 31.4 Å². The number of likely N-dealkylation sites (tertiary alicyclic amines) is 1. The summed E-state index contributed by atoms with van der Waals surface area (Å²) in [5, 5.41) is 7.81. The summed E-state index contributed by atoms with van der Waals surface area (Å²) in [5.41, 5.74) is 4.26. The fraction of sp³-hybridized carbons (Fsp3) is 0.346. The van der Waals surface area contributed by atoms with Gasteiger partial charge in [0.05, 0.1) is 30.5 Å². The maximum absolute atomic E-state index is 12.5. The van der Waals surface area contributed by atoms with Gasteiger partial charge in [-0.2, -0.15) is 5.10 Å². The molecule has 2 heterocycles. The lowest BCUT2D eigenvalue weighted by Gasteiger charge is -2.32. The van der Waals surface area contributed by atoms with Crippen molar-refractivity contribution in [3.63, 3.8) is 0 Å². The summed E-state index contributed by atoms with van der Waals surface area (Å²) in [4.78, 5) is 25.8. The highest BCUT2D eigenvalue weighted by Crippen LogP contribution is 2.32. The summed E-state index contributed by atoms with van der Waals surface area (Å²) < 4.78 is 7.03. The Labute approximate surface area is 194 Å². The van der Waals surface area contributed by atoms with Gasteiger partial charge in [-0.25, -0.2) is 4.79 Å². The van der Waals surface area contributed by atoms with E-state index in [0.717, 1.165) is 35.4 Å². The maximum atomic E-state index is 12.5. The van der Waals surface area contributed by atoms with E-state index in [1.807, 2.05) is 41.3 Å². The van der Waals surface area contributed by atoms with Gasteiger partial charge in [0.1, 0.15) is 0 Å². The molecule has 0 atom stereocenters. The number of hydrogen-bond donors (Lipinski definition) is 1. The van der Waals surface area contributed by atoms with E-state index in [1.54, 1.807) is 6.92 Å². The maximum Gasteiger partial charge on any atom is 0.317 e. The van der Waals surface area contributed by atoms with E-state index in [0.29, 0.717) is 19.7 Å². The number of nitrogens with one attached hydrogen (secondary N) is 1. The van der Waals surface area contributed by atoms with E-state index >= 15 is 0 Å². The van der Waals surface area contributed by atoms with Gasteiger partial charge >= 0.3 is 12.0 Å². The van der Waals surface area contributed by atoms with E-state index in [9.17, 15) is 9.59 Å². The van der Waals surface area contributed by atoms with Crippen LogP contribution in [0.5, 0.6) is 0 Å². The Balaban J connectivity index is 1.44. The molecule has 2 amide bonds. The van der Waals surface area contributed by atoms with Crippen LogP contribution >= 0.6 is 0 Å². The second kappa shape index (κ2) is 10.8. The number of piperidine rings is 1. The molecule has 2 aromatic carbocycles. The first kappa shape index (κ1) is 22.6. The summed E-state index contributed by atoms with van der Waals surface area (Å²) in [5.74, 6) is -0.294. The van der Waals surface area contributed by atoms with Gasteiger partial charge in [-0.15, -0.1) is 0 Å². The predicted octanol–water partition coefficient (Wildman–Crippen LogP) is 4.52. The van der Waals surface area contributed by atoms with Gasteiger partial charge in [0.15, 0.2) is 0 Å². The predicted molar refractivity (Wildman–Crippen MR) is 128 cm³/mol. The van der Waals surface area contributed by atoms with E-state index in [-0.39, 0.29) is 31.0 Å². The van der Waals surface area contributed by atoms with Crippen LogP contribution in [0.25, 0.3) is 22.5 Å². The standard InChI is InChI=1S/C26H30N4O3/c1-2-33-25(31)13-16-27-26(32)29-17-14-22(15-18-29)30-24(21-11-7-4-8-12-21)19-23(28-30)20-9-5-3-6-10-20/h3-12,19,22H,2,13-18H2,1H3,(H,27,32). The van der Waals surface area contributed by atoms with E-state index < -0.39 is 0 Å². The van der Waals surface area contributed by atoms with Gasteiger partial charge in [-0.1, -0.05) is 60.7 Å². The topological polar surface area (TPSA) is 76.5 Å². The largest absolute Gasteiger partial charge is 0.466 e. The summed E-state index contributed by atoms with van der Waals surface area (Å²) in [6.07, 6.45) is 1.83. The number of amides is 2. The average molecular weight is 447 g/mol. The molecule has 33 heavy (non-hydrogen) atoms. The highest BCUT2D eigenvalue weighted by atomic mass is 16.5. The number of carbonyl (C=O) groups excluding carboxylic acids is 2. The highest BCUT2D eigenvalue weighted by Gasteiger charge is 2.26. The van der Waals surface area contributed by atoms with Crippen molar-refractivity contribution in [1.82, 2.24) is 20.0 Å². The number of aromatic nitrogens is 2. The fourth-order valence-corrected chi connectivity index (χ4v) is 4.18. The first-order valence-electron chi connectivity index (χ1n) is 11.5. The quantitative estimate of drug-likeness (QED) is 0.542. The lowest BCUT2D eigenvalue weighted by atomic mass is 10.0. The molecule has 4 rings (SSSR count). The van der Waals surface area contributed by atoms with Gasteiger partial charge in [0, 0.05) is 25.2 Å². The van der Waals surface area contributed by atoms with Crippen molar-refractivity contribution in [2.45, 2.75) is 32.2 Å². The molecule has 172 valence electrons. The number of carbonyl (C=O) groups is 2. The lowest BCUT2D eigenvalue weighted by Crippen LogP contribution is -2.45. The summed E-state index contributed by atoms with van der Waals surface area (Å²) >= 11 is 0. The van der Waals surface area contributed by atoms with Crippen LogP contribution in [0.1, 0.15) is 32.2 Å². The van der Waals surface area contributed by atoms with Gasteiger partial charge in [-0.3, -0.25) is 9.48 Å². The molecule has 1 saturated heterocycles. The molecular formula is C26H30N4O3. The first-order chi connectivity index (χ1) is 16.2. The van der Waals surface area contributed by atoms with Crippen molar-refractivity contribution in [2.24, 2.45) is 0 Å². The van der Waals surface area contributed by atoms with Crippen molar-refractivity contribution >= 4 is 12.0 Å². The number of urea groups is 1. The van der Waals surface area contributed by atoms with Crippen LogP contribution in [0.3, 0.4) is 0 Å².